The molecule has 9 heteroatoms. The van der Waals surface area contributed by atoms with Crippen LogP contribution in [0.4, 0.5) is 0 Å². The molecule has 19 heavy (non-hydrogen) atoms. The van der Waals surface area contributed by atoms with Crippen LogP contribution in [0.2, 0.25) is 0 Å². The summed E-state index contributed by atoms with van der Waals surface area (Å²) in [6.45, 7) is -0.562. The van der Waals surface area contributed by atoms with Gasteiger partial charge in [0.1, 0.15) is 19.5 Å². The molecule has 104 valence electrons. The molecule has 0 saturated carbocycles. The number of carboxylic acids is 1. The largest absolute Gasteiger partial charge is 0.544 e. The van der Waals surface area contributed by atoms with Crippen LogP contribution in [0, 0.1) is 20.2 Å². The molecule has 3 unspecified atom stereocenters. The van der Waals surface area contributed by atoms with Gasteiger partial charge in [-0.15, -0.1) is 0 Å². The first kappa shape index (κ1) is 13.4. The lowest BCUT2D eigenvalue weighted by Crippen LogP contribution is -3.19. The average molecular weight is 271 g/mol. The second-order valence-electron chi connectivity index (χ2n) is 5.28. The van der Waals surface area contributed by atoms with E-state index in [2.05, 4.69) is 0 Å². The molecule has 0 aromatic rings. The number of carboxylic acid groups (broad SMARTS) is 1. The van der Waals surface area contributed by atoms with Gasteiger partial charge in [0.25, 0.3) is 11.1 Å². The van der Waals surface area contributed by atoms with Crippen LogP contribution in [0.1, 0.15) is 12.8 Å². The van der Waals surface area contributed by atoms with Crippen molar-refractivity contribution >= 4 is 5.97 Å². The molecular formula is C10H13N3O6. The molecule has 2 aliphatic rings. The normalized spacial score (nSPS) is 36.7. The predicted molar refractivity (Wildman–Crippen MR) is 58.4 cm³/mol. The molecule has 0 aromatic heterocycles. The lowest BCUT2D eigenvalue weighted by Gasteiger charge is -2.41. The first-order valence-electron chi connectivity index (χ1n) is 5.80. The first-order chi connectivity index (χ1) is 8.80. The van der Waals surface area contributed by atoms with E-state index in [-0.39, 0.29) is 25.9 Å². The zero-order valence-electron chi connectivity index (χ0n) is 10.0. The summed E-state index contributed by atoms with van der Waals surface area (Å²) < 4.78 is 0. The van der Waals surface area contributed by atoms with Crippen molar-refractivity contribution in [2.75, 3.05) is 19.6 Å². The third kappa shape index (κ3) is 2.16. The molecule has 1 fully saturated rings. The van der Waals surface area contributed by atoms with Crippen LogP contribution in [-0.4, -0.2) is 46.5 Å². The Morgan fingerprint density at radius 1 is 1.26 bits per heavy atom. The Morgan fingerprint density at radius 3 is 2.47 bits per heavy atom. The Labute approximate surface area is 107 Å². The van der Waals surface area contributed by atoms with Crippen LogP contribution in [0.5, 0.6) is 0 Å². The van der Waals surface area contributed by atoms with Crippen LogP contribution in [0.3, 0.4) is 0 Å². The maximum Gasteiger partial charge on any atom is 0.294 e. The van der Waals surface area contributed by atoms with Gasteiger partial charge in [-0.25, -0.2) is 0 Å². The second kappa shape index (κ2) is 4.26. The fourth-order valence-corrected chi connectivity index (χ4v) is 3.14. The highest BCUT2D eigenvalue weighted by molar-refractivity contribution is 5.65. The number of nitro groups is 2. The summed E-state index contributed by atoms with van der Waals surface area (Å²) in [6, 6.07) is 0. The number of likely N-dealkylation sites (tertiary alicyclic amines) is 1. The Hall–Kier alpha value is -2.03. The number of piperidine rings is 1. The molecule has 0 amide bonds. The minimum atomic E-state index is -1.55. The smallest absolute Gasteiger partial charge is 0.294 e. The van der Waals surface area contributed by atoms with E-state index in [9.17, 15) is 30.1 Å². The summed E-state index contributed by atoms with van der Waals surface area (Å²) in [5, 5.41) is 33.1. The van der Waals surface area contributed by atoms with Gasteiger partial charge in [0.15, 0.2) is 6.54 Å². The Balaban J connectivity index is 2.39. The standard InChI is InChI=1S/C10H13N3O6/c14-8(15)4-11-6-9(12(16)17)2-1-3-10(5-9,7-11)13(18)19/h1-2H,3-7H2,(H,14,15). The predicted octanol–water partition coefficient (Wildman–Crippen LogP) is -2.98. The van der Waals surface area contributed by atoms with E-state index in [1.165, 1.54) is 12.2 Å². The van der Waals surface area contributed by atoms with Crippen molar-refractivity contribution < 1.29 is 24.6 Å². The quantitative estimate of drug-likeness (QED) is 0.329. The maximum absolute atomic E-state index is 11.3. The van der Waals surface area contributed by atoms with Crippen molar-refractivity contribution in [3.63, 3.8) is 0 Å². The second-order valence-corrected chi connectivity index (χ2v) is 5.28. The zero-order valence-corrected chi connectivity index (χ0v) is 10.0. The van der Waals surface area contributed by atoms with E-state index < -0.39 is 33.4 Å². The molecule has 3 atom stereocenters. The number of carbonyl (C=O) groups excluding carboxylic acids is 1. The highest BCUT2D eigenvalue weighted by Gasteiger charge is 2.65. The van der Waals surface area contributed by atoms with Gasteiger partial charge in [-0.3, -0.25) is 20.2 Å². The number of hydrogen-bond acceptors (Lipinski definition) is 6. The van der Waals surface area contributed by atoms with E-state index in [0.29, 0.717) is 4.90 Å². The number of nitrogens with zero attached hydrogens (tertiary/aromatic N) is 2. The van der Waals surface area contributed by atoms with Crippen LogP contribution < -0.4 is 10.0 Å². The van der Waals surface area contributed by atoms with Gasteiger partial charge in [0, 0.05) is 16.3 Å². The molecule has 1 saturated heterocycles. The number of carbonyl (C=O) groups is 1. The van der Waals surface area contributed by atoms with E-state index in [0.717, 1.165) is 0 Å². The highest BCUT2D eigenvalue weighted by atomic mass is 16.6. The minimum Gasteiger partial charge on any atom is -0.544 e. The van der Waals surface area contributed by atoms with Crippen LogP contribution in [-0.2, 0) is 4.79 Å². The summed E-state index contributed by atoms with van der Waals surface area (Å²) >= 11 is 0. The Kier molecular flexibility index (Phi) is 3.01. The Morgan fingerprint density at radius 2 is 1.95 bits per heavy atom. The molecule has 0 spiro atoms. The summed E-state index contributed by atoms with van der Waals surface area (Å²) in [5.74, 6) is -1.36. The van der Waals surface area contributed by atoms with Crippen molar-refractivity contribution in [1.29, 1.82) is 0 Å². The monoisotopic (exact) mass is 271 g/mol. The number of hydrogen-bond donors (Lipinski definition) is 1. The zero-order chi connectivity index (χ0) is 14.3. The SMILES string of the molecule is O=C([O-])C[NH+]1CC2([N+](=O)[O-])C=CCC([N+](=O)[O-])(C1)C2. The molecular weight excluding hydrogens is 258 g/mol. The van der Waals surface area contributed by atoms with Crippen molar-refractivity contribution in [2.24, 2.45) is 0 Å². The van der Waals surface area contributed by atoms with Gasteiger partial charge < -0.3 is 14.8 Å². The van der Waals surface area contributed by atoms with Crippen molar-refractivity contribution in [1.82, 2.24) is 0 Å². The van der Waals surface area contributed by atoms with E-state index in [4.69, 9.17) is 0 Å². The van der Waals surface area contributed by atoms with Crippen LogP contribution >= 0.6 is 0 Å². The van der Waals surface area contributed by atoms with Crippen molar-refractivity contribution in [3.8, 4) is 0 Å². The molecule has 1 aliphatic heterocycles. The molecule has 9 nitrogen and oxygen atoms in total. The molecule has 1 aliphatic carbocycles. The van der Waals surface area contributed by atoms with Crippen LogP contribution in [0.15, 0.2) is 12.2 Å². The van der Waals surface area contributed by atoms with Crippen molar-refractivity contribution in [3.05, 3.63) is 32.4 Å². The lowest BCUT2D eigenvalue weighted by molar-refractivity contribution is -0.938. The lowest BCUT2D eigenvalue weighted by atomic mass is 9.72. The molecule has 1 N–H and O–H groups in total. The number of fused-ring (bicyclic) bond motifs is 2. The summed E-state index contributed by atoms with van der Waals surface area (Å²) in [7, 11) is 0. The number of nitrogens with one attached hydrogen (secondary N) is 1. The van der Waals surface area contributed by atoms with Crippen LogP contribution in [0.25, 0.3) is 0 Å². The topological polar surface area (TPSA) is 131 Å². The van der Waals surface area contributed by atoms with E-state index in [1.54, 1.807) is 0 Å². The maximum atomic E-state index is 11.3. The molecule has 2 bridgehead atoms. The van der Waals surface area contributed by atoms with Gasteiger partial charge in [0.2, 0.25) is 0 Å². The fraction of sp³-hybridized carbons (Fsp3) is 0.700. The molecule has 0 radical (unpaired) electrons. The summed E-state index contributed by atoms with van der Waals surface area (Å²) in [4.78, 5) is 32.4. The third-order valence-corrected chi connectivity index (χ3v) is 3.84. The van der Waals surface area contributed by atoms with Gasteiger partial charge in [0.05, 0.1) is 5.97 Å². The van der Waals surface area contributed by atoms with Crippen molar-refractivity contribution in [2.45, 2.75) is 23.9 Å². The highest BCUT2D eigenvalue weighted by Crippen LogP contribution is 2.35. The number of rotatable bonds is 4. The Bertz CT molecular complexity index is 478. The van der Waals surface area contributed by atoms with Gasteiger partial charge in [-0.2, -0.15) is 0 Å². The molecule has 0 aromatic carbocycles. The van der Waals surface area contributed by atoms with E-state index in [1.807, 2.05) is 0 Å². The van der Waals surface area contributed by atoms with Gasteiger partial charge in [-0.05, 0) is 6.08 Å². The molecule has 1 heterocycles. The first-order valence-corrected chi connectivity index (χ1v) is 5.80. The summed E-state index contributed by atoms with van der Waals surface area (Å²) in [6.07, 6.45) is 2.73. The van der Waals surface area contributed by atoms with Gasteiger partial charge in [-0.1, -0.05) is 6.08 Å². The summed E-state index contributed by atoms with van der Waals surface area (Å²) in [5.41, 5.74) is -3.00. The number of quaternary nitrogens is 1. The molecule has 2 rings (SSSR count). The minimum absolute atomic E-state index is 0.0338. The third-order valence-electron chi connectivity index (χ3n) is 3.84. The van der Waals surface area contributed by atoms with Gasteiger partial charge >= 0.3 is 0 Å². The number of aliphatic carboxylic acids is 1. The van der Waals surface area contributed by atoms with E-state index >= 15 is 0 Å². The average Bonchev–Trinajstić information content (AvgIpc) is 2.27. The fourth-order valence-electron chi connectivity index (χ4n) is 3.14.